The number of nitrogens with one attached hydrogen (secondary N) is 1. The van der Waals surface area contributed by atoms with Crippen molar-refractivity contribution in [1.82, 2.24) is 5.32 Å². The first-order valence-corrected chi connectivity index (χ1v) is 5.96. The molecular weight excluding hydrogens is 291 g/mol. The lowest BCUT2D eigenvalue weighted by Gasteiger charge is -2.28. The van der Waals surface area contributed by atoms with Gasteiger partial charge in [0.05, 0.1) is 0 Å². The van der Waals surface area contributed by atoms with Gasteiger partial charge < -0.3 is 15.5 Å². The highest BCUT2D eigenvalue weighted by Crippen LogP contribution is 2.30. The number of alkyl halides is 3. The predicted molar refractivity (Wildman–Crippen MR) is 66.7 cm³/mol. The molecule has 3 N–H and O–H groups in total. The molecule has 0 aliphatic heterocycles. The number of aliphatic carboxylic acids is 1. The van der Waals surface area contributed by atoms with Gasteiger partial charge in [-0.05, 0) is 25.0 Å². The number of hydrogen-bond donors (Lipinski definition) is 3. The summed E-state index contributed by atoms with van der Waals surface area (Å²) < 4.78 is 38.1. The van der Waals surface area contributed by atoms with Crippen molar-refractivity contribution in [3.05, 3.63) is 29.8 Å². The molecule has 0 saturated heterocycles. The minimum atomic E-state index is -5.12. The molecule has 0 aromatic heterocycles. The normalized spacial score (nSPS) is 14.3. The first-order chi connectivity index (χ1) is 9.58. The molecule has 0 aliphatic carbocycles. The summed E-state index contributed by atoms with van der Waals surface area (Å²) >= 11 is 0. The number of carboxylic acids is 1. The number of carbonyl (C=O) groups is 2. The smallest absolute Gasteiger partial charge is 0.422 e. The zero-order valence-electron chi connectivity index (χ0n) is 11.1. The number of carbonyl (C=O) groups excluding carboxylic acids is 1. The van der Waals surface area contributed by atoms with Crippen molar-refractivity contribution in [2.24, 2.45) is 0 Å². The number of aryl methyl sites for hydroxylation is 1. The monoisotopic (exact) mass is 305 g/mol. The number of phenols is 1. The number of aromatic hydroxyl groups is 1. The van der Waals surface area contributed by atoms with Crippen molar-refractivity contribution in [2.45, 2.75) is 31.5 Å². The first kappa shape index (κ1) is 16.8. The van der Waals surface area contributed by atoms with Crippen LogP contribution in [0.3, 0.4) is 0 Å². The Hall–Kier alpha value is -2.25. The molecule has 1 rings (SSSR count). The Bertz CT molecular complexity index is 544. The zero-order valence-corrected chi connectivity index (χ0v) is 11.1. The Kier molecular flexibility index (Phi) is 4.82. The second-order valence-corrected chi connectivity index (χ2v) is 4.60. The quantitative estimate of drug-likeness (QED) is 0.775. The molecule has 116 valence electrons. The van der Waals surface area contributed by atoms with Gasteiger partial charge in [0.1, 0.15) is 5.75 Å². The molecule has 1 unspecified atom stereocenters. The minimum absolute atomic E-state index is 0.00787. The minimum Gasteiger partial charge on any atom is -0.508 e. The lowest BCUT2D eigenvalue weighted by Crippen LogP contribution is -2.61. The lowest BCUT2D eigenvalue weighted by molar-refractivity contribution is -0.207. The molecule has 8 heteroatoms. The van der Waals surface area contributed by atoms with E-state index in [2.05, 4.69) is 0 Å². The molecule has 21 heavy (non-hydrogen) atoms. The van der Waals surface area contributed by atoms with Crippen LogP contribution in [0.1, 0.15) is 18.9 Å². The largest absolute Gasteiger partial charge is 0.508 e. The van der Waals surface area contributed by atoms with E-state index in [4.69, 9.17) is 5.11 Å². The van der Waals surface area contributed by atoms with Crippen LogP contribution in [0.2, 0.25) is 0 Å². The van der Waals surface area contributed by atoms with E-state index < -0.39 is 23.6 Å². The van der Waals surface area contributed by atoms with Gasteiger partial charge in [-0.25, -0.2) is 4.79 Å². The molecule has 0 saturated carbocycles. The van der Waals surface area contributed by atoms with Gasteiger partial charge in [0.2, 0.25) is 11.4 Å². The van der Waals surface area contributed by atoms with Gasteiger partial charge in [-0.15, -0.1) is 0 Å². The van der Waals surface area contributed by atoms with Crippen LogP contribution in [0, 0.1) is 0 Å². The van der Waals surface area contributed by atoms with E-state index >= 15 is 0 Å². The number of hydrogen-bond acceptors (Lipinski definition) is 3. The molecule has 1 aromatic rings. The van der Waals surface area contributed by atoms with E-state index in [0.717, 1.165) is 0 Å². The molecule has 0 spiro atoms. The number of benzene rings is 1. The highest BCUT2D eigenvalue weighted by Gasteiger charge is 2.58. The molecule has 1 amide bonds. The third-order valence-electron chi connectivity index (χ3n) is 3.00. The summed E-state index contributed by atoms with van der Waals surface area (Å²) in [5, 5.41) is 19.6. The third-order valence-corrected chi connectivity index (χ3v) is 3.00. The molecule has 1 atom stereocenters. The van der Waals surface area contributed by atoms with Gasteiger partial charge in [-0.3, -0.25) is 4.79 Å². The predicted octanol–water partition coefficient (Wildman–Crippen LogP) is 1.85. The first-order valence-electron chi connectivity index (χ1n) is 5.96. The number of halogens is 3. The van der Waals surface area contributed by atoms with E-state index in [1.54, 1.807) is 12.1 Å². The average molecular weight is 305 g/mol. The van der Waals surface area contributed by atoms with E-state index in [1.165, 1.54) is 17.4 Å². The van der Waals surface area contributed by atoms with Gasteiger partial charge in [0, 0.05) is 6.42 Å². The summed E-state index contributed by atoms with van der Waals surface area (Å²) in [6, 6.07) is 6.06. The highest BCUT2D eigenvalue weighted by molar-refractivity contribution is 5.87. The van der Waals surface area contributed by atoms with Gasteiger partial charge >= 0.3 is 12.1 Å². The van der Waals surface area contributed by atoms with Crippen LogP contribution in [-0.4, -0.2) is 33.8 Å². The Labute approximate surface area is 118 Å². The van der Waals surface area contributed by atoms with Crippen LogP contribution in [0.25, 0.3) is 0 Å². The topological polar surface area (TPSA) is 86.6 Å². The Morgan fingerprint density at radius 1 is 1.24 bits per heavy atom. The molecule has 0 fully saturated rings. The molecule has 0 heterocycles. The fourth-order valence-electron chi connectivity index (χ4n) is 1.56. The maximum atomic E-state index is 12.7. The second-order valence-electron chi connectivity index (χ2n) is 4.60. The Morgan fingerprint density at radius 2 is 1.81 bits per heavy atom. The van der Waals surface area contributed by atoms with E-state index in [0.29, 0.717) is 12.5 Å². The van der Waals surface area contributed by atoms with Crippen molar-refractivity contribution < 1.29 is 33.0 Å². The summed E-state index contributed by atoms with van der Waals surface area (Å²) in [6.45, 7) is 0.382. The molecule has 1 aromatic carbocycles. The van der Waals surface area contributed by atoms with Crippen LogP contribution in [0.5, 0.6) is 5.75 Å². The zero-order chi connectivity index (χ0) is 16.3. The van der Waals surface area contributed by atoms with Gasteiger partial charge in [-0.2, -0.15) is 13.2 Å². The molecule has 5 nitrogen and oxygen atoms in total. The summed E-state index contributed by atoms with van der Waals surface area (Å²) in [4.78, 5) is 22.3. The molecule has 0 aliphatic rings. The number of carboxylic acid groups (broad SMARTS) is 1. The molecule has 0 radical (unpaired) electrons. The summed E-state index contributed by atoms with van der Waals surface area (Å²) in [5.74, 6) is -3.34. The van der Waals surface area contributed by atoms with Crippen molar-refractivity contribution in [3.8, 4) is 5.75 Å². The number of rotatable bonds is 5. The maximum Gasteiger partial charge on any atom is 0.422 e. The van der Waals surface area contributed by atoms with Crippen LogP contribution < -0.4 is 5.32 Å². The van der Waals surface area contributed by atoms with E-state index in [-0.39, 0.29) is 18.6 Å². The maximum absolute atomic E-state index is 12.7. The fraction of sp³-hybridized carbons (Fsp3) is 0.385. The third kappa shape index (κ3) is 3.87. The number of para-hydroxylation sites is 1. The average Bonchev–Trinajstić information content (AvgIpc) is 2.36. The Balaban J connectivity index is 2.73. The van der Waals surface area contributed by atoms with Crippen LogP contribution in [-0.2, 0) is 16.0 Å². The SMILES string of the molecule is CC(NC(=O)CCc1ccccc1O)(C(=O)O)C(F)(F)F. The van der Waals surface area contributed by atoms with E-state index in [1.807, 2.05) is 0 Å². The van der Waals surface area contributed by atoms with Gasteiger partial charge in [-0.1, -0.05) is 18.2 Å². The Morgan fingerprint density at radius 3 is 2.29 bits per heavy atom. The van der Waals surface area contributed by atoms with Crippen LogP contribution >= 0.6 is 0 Å². The van der Waals surface area contributed by atoms with E-state index in [9.17, 15) is 27.9 Å². The fourth-order valence-corrected chi connectivity index (χ4v) is 1.56. The van der Waals surface area contributed by atoms with Crippen molar-refractivity contribution in [1.29, 1.82) is 0 Å². The van der Waals surface area contributed by atoms with Crippen LogP contribution in [0.15, 0.2) is 24.3 Å². The van der Waals surface area contributed by atoms with Crippen molar-refractivity contribution in [2.75, 3.05) is 0 Å². The number of amides is 1. The number of phenolic OH excluding ortho intramolecular Hbond substituents is 1. The molecule has 0 bridgehead atoms. The van der Waals surface area contributed by atoms with Gasteiger partial charge in [0.15, 0.2) is 0 Å². The van der Waals surface area contributed by atoms with Crippen molar-refractivity contribution in [3.63, 3.8) is 0 Å². The summed E-state index contributed by atoms with van der Waals surface area (Å²) in [7, 11) is 0. The summed E-state index contributed by atoms with van der Waals surface area (Å²) in [6.07, 6.45) is -5.51. The standard InChI is InChI=1S/C13H14F3NO4/c1-12(11(20)21,13(14,15)16)17-10(19)7-6-8-4-2-3-5-9(8)18/h2-5,18H,6-7H2,1H3,(H,17,19)(H,20,21). The van der Waals surface area contributed by atoms with Crippen LogP contribution in [0.4, 0.5) is 13.2 Å². The van der Waals surface area contributed by atoms with Gasteiger partial charge in [0.25, 0.3) is 0 Å². The lowest BCUT2D eigenvalue weighted by atomic mass is 10.0. The second kappa shape index (κ2) is 6.02. The highest BCUT2D eigenvalue weighted by atomic mass is 19.4. The summed E-state index contributed by atoms with van der Waals surface area (Å²) in [5.41, 5.74) is -2.96. The molecular formula is C13H14F3NO4. The van der Waals surface area contributed by atoms with Crippen molar-refractivity contribution >= 4 is 11.9 Å².